The van der Waals surface area contributed by atoms with Crippen LogP contribution in [0.15, 0.2) is 39.8 Å². The van der Waals surface area contributed by atoms with Gasteiger partial charge < -0.3 is 14.9 Å². The minimum atomic E-state index is -1.20. The van der Waals surface area contributed by atoms with Crippen molar-refractivity contribution in [3.63, 3.8) is 0 Å². The van der Waals surface area contributed by atoms with E-state index < -0.39 is 11.9 Å². The van der Waals surface area contributed by atoms with E-state index in [1.54, 1.807) is 24.3 Å². The Labute approximate surface area is 153 Å². The Kier molecular flexibility index (Phi) is 5.02. The van der Waals surface area contributed by atoms with E-state index in [-0.39, 0.29) is 35.0 Å². The van der Waals surface area contributed by atoms with E-state index >= 15 is 0 Å². The highest BCUT2D eigenvalue weighted by atomic mass is 16.5. The molecule has 0 saturated heterocycles. The van der Waals surface area contributed by atoms with Crippen LogP contribution in [0.2, 0.25) is 0 Å². The highest BCUT2D eigenvalue weighted by molar-refractivity contribution is 6.04. The topological polar surface area (TPSA) is 127 Å². The van der Waals surface area contributed by atoms with Gasteiger partial charge in [0.1, 0.15) is 17.5 Å². The van der Waals surface area contributed by atoms with Crippen LogP contribution in [0.4, 0.5) is 0 Å². The predicted molar refractivity (Wildman–Crippen MR) is 95.5 cm³/mol. The van der Waals surface area contributed by atoms with Crippen molar-refractivity contribution in [2.24, 2.45) is 5.92 Å². The molecule has 0 aliphatic carbocycles. The Balaban J connectivity index is 1.96. The minimum absolute atomic E-state index is 0.0891. The Bertz CT molecular complexity index is 1070. The number of hydrogen-bond donors (Lipinski definition) is 2. The fraction of sp³-hybridized carbons (Fsp3) is 0.278. The molecule has 9 heteroatoms. The van der Waals surface area contributed by atoms with Gasteiger partial charge in [-0.3, -0.25) is 9.59 Å². The van der Waals surface area contributed by atoms with Gasteiger partial charge in [0.15, 0.2) is 5.69 Å². The van der Waals surface area contributed by atoms with Crippen LogP contribution in [-0.4, -0.2) is 31.9 Å². The van der Waals surface area contributed by atoms with Crippen LogP contribution < -0.4 is 10.9 Å². The molecule has 0 aliphatic rings. The maximum atomic E-state index is 12.7. The zero-order chi connectivity index (χ0) is 19.6. The number of nitrogens with zero attached hydrogens (tertiary/aromatic N) is 3. The number of amides is 1. The van der Waals surface area contributed by atoms with Crippen molar-refractivity contribution in [3.05, 3.63) is 57.8 Å². The highest BCUT2D eigenvalue weighted by Crippen LogP contribution is 2.14. The van der Waals surface area contributed by atoms with Gasteiger partial charge in [-0.1, -0.05) is 37.2 Å². The van der Waals surface area contributed by atoms with Gasteiger partial charge in [0, 0.05) is 11.9 Å². The lowest BCUT2D eigenvalue weighted by atomic mass is 10.1. The number of carbonyl (C=O) groups is 2. The second-order valence-electron chi connectivity index (χ2n) is 6.44. The van der Waals surface area contributed by atoms with E-state index in [4.69, 9.17) is 5.11 Å². The summed E-state index contributed by atoms with van der Waals surface area (Å²) in [5.74, 6) is -1.57. The van der Waals surface area contributed by atoms with Crippen LogP contribution in [0.3, 0.4) is 0 Å². The molecule has 0 radical (unpaired) electrons. The Morgan fingerprint density at radius 3 is 2.63 bits per heavy atom. The molecule has 3 aromatic rings. The van der Waals surface area contributed by atoms with Gasteiger partial charge in [-0.05, 0) is 12.0 Å². The minimum Gasteiger partial charge on any atom is -0.478 e. The fourth-order valence-corrected chi connectivity index (χ4v) is 2.68. The van der Waals surface area contributed by atoms with Crippen molar-refractivity contribution in [2.45, 2.75) is 26.9 Å². The molecule has 0 unspecified atom stereocenters. The summed E-state index contributed by atoms with van der Waals surface area (Å²) in [6.45, 7) is 4.12. The second-order valence-corrected chi connectivity index (χ2v) is 6.44. The number of nitrogens with one attached hydrogen (secondary N) is 1. The number of fused-ring (bicyclic) bond motifs is 1. The van der Waals surface area contributed by atoms with Crippen LogP contribution in [-0.2, 0) is 13.1 Å². The Hall–Kier alpha value is -3.49. The molecule has 27 heavy (non-hydrogen) atoms. The molecule has 140 valence electrons. The van der Waals surface area contributed by atoms with E-state index in [1.165, 1.54) is 4.68 Å². The third kappa shape index (κ3) is 3.71. The van der Waals surface area contributed by atoms with Crippen molar-refractivity contribution in [1.82, 2.24) is 20.3 Å². The largest absolute Gasteiger partial charge is 0.478 e. The van der Waals surface area contributed by atoms with Gasteiger partial charge in [0.25, 0.3) is 11.5 Å². The summed E-state index contributed by atoms with van der Waals surface area (Å²) in [4.78, 5) is 36.4. The van der Waals surface area contributed by atoms with E-state index in [2.05, 4.69) is 20.1 Å². The SMILES string of the molecule is CC(C)Cn1nc(C(=O)NCc2nocc2C(=O)O)c2ccccc2c1=O. The van der Waals surface area contributed by atoms with Crippen LogP contribution in [0, 0.1) is 5.92 Å². The van der Waals surface area contributed by atoms with Crippen LogP contribution >= 0.6 is 0 Å². The molecule has 0 atom stereocenters. The number of carboxylic acids is 1. The maximum absolute atomic E-state index is 12.7. The average molecular weight is 370 g/mol. The summed E-state index contributed by atoms with van der Waals surface area (Å²) in [5.41, 5.74) is -0.208. The number of aromatic nitrogens is 3. The zero-order valence-corrected chi connectivity index (χ0v) is 14.8. The first kappa shape index (κ1) is 18.3. The van der Waals surface area contributed by atoms with Crippen LogP contribution in [0.1, 0.15) is 40.4 Å². The maximum Gasteiger partial charge on any atom is 0.341 e. The summed E-state index contributed by atoms with van der Waals surface area (Å²) in [5, 5.41) is 20.3. The summed E-state index contributed by atoms with van der Waals surface area (Å²) >= 11 is 0. The third-order valence-corrected chi connectivity index (χ3v) is 3.91. The number of hydrogen-bond acceptors (Lipinski definition) is 6. The lowest BCUT2D eigenvalue weighted by molar-refractivity contribution is 0.0693. The molecule has 0 saturated carbocycles. The molecule has 3 rings (SSSR count). The number of rotatable bonds is 6. The van der Waals surface area contributed by atoms with Gasteiger partial charge in [0.05, 0.1) is 11.9 Å². The van der Waals surface area contributed by atoms with E-state index in [9.17, 15) is 14.4 Å². The number of carboxylic acid groups (broad SMARTS) is 1. The molecule has 0 bridgehead atoms. The van der Waals surface area contributed by atoms with Crippen molar-refractivity contribution in [3.8, 4) is 0 Å². The quantitative estimate of drug-likeness (QED) is 0.675. The van der Waals surface area contributed by atoms with E-state index in [0.29, 0.717) is 17.3 Å². The molecular weight excluding hydrogens is 352 g/mol. The van der Waals surface area contributed by atoms with Gasteiger partial charge in [-0.25, -0.2) is 9.48 Å². The number of benzene rings is 1. The van der Waals surface area contributed by atoms with Crippen molar-refractivity contribution in [2.75, 3.05) is 0 Å². The monoisotopic (exact) mass is 370 g/mol. The van der Waals surface area contributed by atoms with Gasteiger partial charge >= 0.3 is 5.97 Å². The molecule has 1 amide bonds. The lowest BCUT2D eigenvalue weighted by Crippen LogP contribution is -2.31. The average Bonchev–Trinajstić information content (AvgIpc) is 3.10. The lowest BCUT2D eigenvalue weighted by Gasteiger charge is -2.12. The zero-order valence-electron chi connectivity index (χ0n) is 14.8. The van der Waals surface area contributed by atoms with E-state index in [1.807, 2.05) is 13.8 Å². The number of aromatic carboxylic acids is 1. The normalized spacial score (nSPS) is 11.1. The first-order valence-electron chi connectivity index (χ1n) is 8.33. The summed E-state index contributed by atoms with van der Waals surface area (Å²) in [7, 11) is 0. The fourth-order valence-electron chi connectivity index (χ4n) is 2.68. The molecule has 2 N–H and O–H groups in total. The molecule has 9 nitrogen and oxygen atoms in total. The standard InChI is InChI=1S/C18H18N4O5/c1-10(2)8-22-17(24)12-6-4-3-5-11(12)15(20-22)16(23)19-7-14-13(18(25)26)9-27-21-14/h3-6,9-10H,7-8H2,1-2H3,(H,19,23)(H,25,26). The predicted octanol–water partition coefficient (Wildman–Crippen LogP) is 1.67. The highest BCUT2D eigenvalue weighted by Gasteiger charge is 2.19. The summed E-state index contributed by atoms with van der Waals surface area (Å²) in [6, 6.07) is 6.73. The first-order valence-corrected chi connectivity index (χ1v) is 8.33. The molecule has 0 fully saturated rings. The summed E-state index contributed by atoms with van der Waals surface area (Å²) in [6.07, 6.45) is 1.00. The van der Waals surface area contributed by atoms with Crippen LogP contribution in [0.5, 0.6) is 0 Å². The number of carbonyl (C=O) groups excluding carboxylic acids is 1. The Morgan fingerprint density at radius 1 is 1.26 bits per heavy atom. The van der Waals surface area contributed by atoms with Crippen molar-refractivity contribution < 1.29 is 19.2 Å². The first-order chi connectivity index (χ1) is 12.9. The second kappa shape index (κ2) is 7.40. The molecule has 2 heterocycles. The van der Waals surface area contributed by atoms with Gasteiger partial charge in [-0.15, -0.1) is 0 Å². The molecule has 2 aromatic heterocycles. The van der Waals surface area contributed by atoms with Gasteiger partial charge in [-0.2, -0.15) is 5.10 Å². The smallest absolute Gasteiger partial charge is 0.341 e. The summed E-state index contributed by atoms with van der Waals surface area (Å²) < 4.78 is 5.93. The molecule has 0 spiro atoms. The molecule has 0 aliphatic heterocycles. The van der Waals surface area contributed by atoms with Crippen LogP contribution in [0.25, 0.3) is 10.8 Å². The van der Waals surface area contributed by atoms with Gasteiger partial charge in [0.2, 0.25) is 0 Å². The molecular formula is C18H18N4O5. The van der Waals surface area contributed by atoms with E-state index in [0.717, 1.165) is 6.26 Å². The Morgan fingerprint density at radius 2 is 1.96 bits per heavy atom. The molecule has 1 aromatic carbocycles. The van der Waals surface area contributed by atoms with Crippen molar-refractivity contribution >= 4 is 22.6 Å². The van der Waals surface area contributed by atoms with Crippen molar-refractivity contribution in [1.29, 1.82) is 0 Å². The third-order valence-electron chi connectivity index (χ3n) is 3.91.